The fraction of sp³-hybridized carbons (Fsp3) is 0.143. The van der Waals surface area contributed by atoms with Crippen LogP contribution in [-0.2, 0) is 10.0 Å². The molecule has 2 N–H and O–H groups in total. The standard InChI is InChI=1S/C14H14ClNO3S/c15-12-6-8-13(9-7-12)20(18,19)16-14(10-17)11-4-2-1-3-5-11/h1-9,14,16-17H,10H2/t14-/m1/s1. The summed E-state index contributed by atoms with van der Waals surface area (Å²) in [5.41, 5.74) is 0.701. The summed E-state index contributed by atoms with van der Waals surface area (Å²) in [6.45, 7) is -0.323. The van der Waals surface area contributed by atoms with Gasteiger partial charge in [-0.3, -0.25) is 0 Å². The second-order valence-electron chi connectivity index (χ2n) is 4.22. The molecule has 0 saturated heterocycles. The average molecular weight is 312 g/mol. The smallest absolute Gasteiger partial charge is 0.241 e. The lowest BCUT2D eigenvalue weighted by molar-refractivity contribution is 0.259. The zero-order valence-electron chi connectivity index (χ0n) is 10.5. The molecule has 20 heavy (non-hydrogen) atoms. The van der Waals surface area contributed by atoms with Crippen molar-refractivity contribution < 1.29 is 13.5 Å². The Morgan fingerprint density at radius 2 is 1.65 bits per heavy atom. The lowest BCUT2D eigenvalue weighted by Gasteiger charge is -2.16. The van der Waals surface area contributed by atoms with E-state index in [0.717, 1.165) is 0 Å². The van der Waals surface area contributed by atoms with Crippen molar-refractivity contribution in [2.45, 2.75) is 10.9 Å². The average Bonchev–Trinajstić information content (AvgIpc) is 2.46. The third-order valence-corrected chi connectivity index (χ3v) is 4.55. The highest BCUT2D eigenvalue weighted by atomic mass is 35.5. The van der Waals surface area contributed by atoms with Crippen molar-refractivity contribution in [1.82, 2.24) is 4.72 Å². The zero-order chi connectivity index (χ0) is 14.6. The molecule has 0 saturated carbocycles. The van der Waals surface area contributed by atoms with E-state index in [0.29, 0.717) is 10.6 Å². The molecule has 0 aromatic heterocycles. The fourth-order valence-electron chi connectivity index (χ4n) is 1.77. The van der Waals surface area contributed by atoms with Crippen LogP contribution in [0.5, 0.6) is 0 Å². The molecule has 4 nitrogen and oxygen atoms in total. The number of aliphatic hydroxyl groups excluding tert-OH is 1. The minimum absolute atomic E-state index is 0.108. The van der Waals surface area contributed by atoms with E-state index in [1.165, 1.54) is 24.3 Å². The molecular weight excluding hydrogens is 298 g/mol. The van der Waals surface area contributed by atoms with E-state index in [-0.39, 0.29) is 11.5 Å². The van der Waals surface area contributed by atoms with Crippen molar-refractivity contribution >= 4 is 21.6 Å². The van der Waals surface area contributed by atoms with Gasteiger partial charge in [-0.05, 0) is 29.8 Å². The Balaban J connectivity index is 2.24. The van der Waals surface area contributed by atoms with Gasteiger partial charge in [0, 0.05) is 5.02 Å². The Bertz CT molecular complexity index is 657. The van der Waals surface area contributed by atoms with Crippen LogP contribution in [0.1, 0.15) is 11.6 Å². The molecule has 2 aromatic rings. The predicted octanol–water partition coefficient (Wildman–Crippen LogP) is 2.35. The van der Waals surface area contributed by atoms with Gasteiger partial charge in [-0.1, -0.05) is 41.9 Å². The van der Waals surface area contributed by atoms with E-state index < -0.39 is 16.1 Å². The van der Waals surface area contributed by atoms with Gasteiger partial charge in [0.05, 0.1) is 17.5 Å². The summed E-state index contributed by atoms with van der Waals surface area (Å²) in [7, 11) is -3.71. The Hall–Kier alpha value is -1.40. The first kappa shape index (κ1) is 15.0. The summed E-state index contributed by atoms with van der Waals surface area (Å²) < 4.78 is 26.9. The van der Waals surface area contributed by atoms with Crippen LogP contribution in [0, 0.1) is 0 Å². The summed E-state index contributed by atoms with van der Waals surface area (Å²) in [4.78, 5) is 0.108. The lowest BCUT2D eigenvalue weighted by atomic mass is 10.1. The lowest BCUT2D eigenvalue weighted by Crippen LogP contribution is -2.30. The highest BCUT2D eigenvalue weighted by Gasteiger charge is 2.20. The summed E-state index contributed by atoms with van der Waals surface area (Å²) in [6, 6.07) is 14.1. The molecule has 0 amide bonds. The Morgan fingerprint density at radius 3 is 2.20 bits per heavy atom. The SMILES string of the molecule is O=S(=O)(N[C@H](CO)c1ccccc1)c1ccc(Cl)cc1. The van der Waals surface area contributed by atoms with Crippen LogP contribution >= 0.6 is 11.6 Å². The van der Waals surface area contributed by atoms with Crippen LogP contribution in [0.15, 0.2) is 59.5 Å². The molecule has 0 unspecified atom stereocenters. The van der Waals surface area contributed by atoms with Crippen LogP contribution in [0.4, 0.5) is 0 Å². The van der Waals surface area contributed by atoms with E-state index in [4.69, 9.17) is 11.6 Å². The van der Waals surface area contributed by atoms with Crippen LogP contribution < -0.4 is 4.72 Å². The minimum atomic E-state index is -3.71. The van der Waals surface area contributed by atoms with Gasteiger partial charge in [-0.2, -0.15) is 0 Å². The summed E-state index contributed by atoms with van der Waals surface area (Å²) in [5, 5.41) is 9.85. The number of halogens is 1. The second-order valence-corrected chi connectivity index (χ2v) is 6.37. The first-order chi connectivity index (χ1) is 9.53. The van der Waals surface area contributed by atoms with Crippen molar-refractivity contribution in [3.8, 4) is 0 Å². The van der Waals surface area contributed by atoms with Crippen molar-refractivity contribution in [2.24, 2.45) is 0 Å². The molecule has 0 fully saturated rings. The first-order valence-electron chi connectivity index (χ1n) is 5.96. The third-order valence-electron chi connectivity index (χ3n) is 2.81. The van der Waals surface area contributed by atoms with Gasteiger partial charge in [0.2, 0.25) is 10.0 Å². The summed E-state index contributed by atoms with van der Waals surface area (Å²) >= 11 is 5.74. The molecule has 0 bridgehead atoms. The Kier molecular flexibility index (Phi) is 4.77. The van der Waals surface area contributed by atoms with Gasteiger partial charge in [-0.25, -0.2) is 13.1 Å². The molecule has 0 spiro atoms. The maximum absolute atomic E-state index is 12.2. The number of rotatable bonds is 5. The monoisotopic (exact) mass is 311 g/mol. The van der Waals surface area contributed by atoms with E-state index in [1.54, 1.807) is 24.3 Å². The summed E-state index contributed by atoms with van der Waals surface area (Å²) in [6.07, 6.45) is 0. The molecule has 0 heterocycles. The van der Waals surface area contributed by atoms with Crippen molar-refractivity contribution in [3.63, 3.8) is 0 Å². The van der Waals surface area contributed by atoms with Gasteiger partial charge in [-0.15, -0.1) is 0 Å². The van der Waals surface area contributed by atoms with Gasteiger partial charge in [0.25, 0.3) is 0 Å². The number of nitrogens with one attached hydrogen (secondary N) is 1. The normalized spacial score (nSPS) is 13.1. The molecule has 2 aromatic carbocycles. The Morgan fingerprint density at radius 1 is 1.05 bits per heavy atom. The van der Waals surface area contributed by atoms with E-state index in [1.807, 2.05) is 6.07 Å². The molecular formula is C14H14ClNO3S. The van der Waals surface area contributed by atoms with Gasteiger partial charge < -0.3 is 5.11 Å². The third kappa shape index (κ3) is 3.58. The van der Waals surface area contributed by atoms with Gasteiger partial charge in [0.1, 0.15) is 0 Å². The van der Waals surface area contributed by atoms with E-state index in [2.05, 4.69) is 4.72 Å². The molecule has 0 aliphatic rings. The number of sulfonamides is 1. The largest absolute Gasteiger partial charge is 0.394 e. The minimum Gasteiger partial charge on any atom is -0.394 e. The van der Waals surface area contributed by atoms with Crippen LogP contribution in [0.2, 0.25) is 5.02 Å². The van der Waals surface area contributed by atoms with Crippen LogP contribution in [0.3, 0.4) is 0 Å². The summed E-state index contributed by atoms with van der Waals surface area (Å²) in [5.74, 6) is 0. The first-order valence-corrected chi connectivity index (χ1v) is 7.83. The molecule has 0 aliphatic carbocycles. The van der Waals surface area contributed by atoms with Gasteiger partial charge in [0.15, 0.2) is 0 Å². The van der Waals surface area contributed by atoms with Crippen molar-refractivity contribution in [3.05, 3.63) is 65.2 Å². The maximum atomic E-state index is 12.2. The quantitative estimate of drug-likeness (QED) is 0.891. The van der Waals surface area contributed by atoms with Gasteiger partial charge >= 0.3 is 0 Å². The number of hydrogen-bond acceptors (Lipinski definition) is 3. The maximum Gasteiger partial charge on any atom is 0.241 e. The number of benzene rings is 2. The highest BCUT2D eigenvalue weighted by Crippen LogP contribution is 2.18. The van der Waals surface area contributed by atoms with Crippen LogP contribution in [-0.4, -0.2) is 20.1 Å². The number of hydrogen-bond donors (Lipinski definition) is 2. The topological polar surface area (TPSA) is 66.4 Å². The second kappa shape index (κ2) is 6.37. The van der Waals surface area contributed by atoms with Crippen molar-refractivity contribution in [1.29, 1.82) is 0 Å². The molecule has 106 valence electrons. The van der Waals surface area contributed by atoms with Crippen LogP contribution in [0.25, 0.3) is 0 Å². The molecule has 0 aliphatic heterocycles. The highest BCUT2D eigenvalue weighted by molar-refractivity contribution is 7.89. The van der Waals surface area contributed by atoms with E-state index in [9.17, 15) is 13.5 Å². The zero-order valence-corrected chi connectivity index (χ0v) is 12.1. The molecule has 2 rings (SSSR count). The Labute approximate surface area is 123 Å². The van der Waals surface area contributed by atoms with Crippen molar-refractivity contribution in [2.75, 3.05) is 6.61 Å². The fourth-order valence-corrected chi connectivity index (χ4v) is 3.11. The number of aliphatic hydroxyl groups is 1. The molecule has 1 atom stereocenters. The molecule has 6 heteroatoms. The predicted molar refractivity (Wildman–Crippen MR) is 78.0 cm³/mol. The molecule has 0 radical (unpaired) electrons. The van der Waals surface area contributed by atoms with E-state index >= 15 is 0 Å².